The summed E-state index contributed by atoms with van der Waals surface area (Å²) in [5.74, 6) is 0. The summed E-state index contributed by atoms with van der Waals surface area (Å²) < 4.78 is 0. The Morgan fingerprint density at radius 2 is 2.15 bits per heavy atom. The summed E-state index contributed by atoms with van der Waals surface area (Å²) in [5.41, 5.74) is 7.03. The minimum Gasteiger partial charge on any atom is -0.325 e. The molecule has 2 aromatic rings. The average molecular weight is 287 g/mol. The van der Waals surface area contributed by atoms with E-state index in [2.05, 4.69) is 4.98 Å². The molecule has 1 aliphatic heterocycles. The average Bonchev–Trinajstić information content (AvgIpc) is 2.47. The second-order valence-electron chi connectivity index (χ2n) is 4.82. The number of aromatic nitrogens is 1. The number of anilines is 1. The van der Waals surface area contributed by atoms with Gasteiger partial charge in [-0.05, 0) is 31.2 Å². The molecule has 0 fully saturated rings. The molecule has 4 nitrogen and oxygen atoms in total. The molecule has 0 radical (unpaired) electrons. The van der Waals surface area contributed by atoms with Crippen molar-refractivity contribution in [2.75, 3.05) is 4.90 Å². The highest BCUT2D eigenvalue weighted by molar-refractivity contribution is 6.30. The molecule has 20 heavy (non-hydrogen) atoms. The molecule has 0 bridgehead atoms. The molecule has 0 amide bonds. The first-order valence-corrected chi connectivity index (χ1v) is 6.83. The van der Waals surface area contributed by atoms with Gasteiger partial charge >= 0.3 is 0 Å². The fourth-order valence-electron chi connectivity index (χ4n) is 2.29. The minimum atomic E-state index is -0.162. The molecule has 0 saturated heterocycles. The van der Waals surface area contributed by atoms with Gasteiger partial charge in [-0.2, -0.15) is 0 Å². The van der Waals surface area contributed by atoms with E-state index < -0.39 is 0 Å². The highest BCUT2D eigenvalue weighted by atomic mass is 35.5. The number of halogens is 1. The van der Waals surface area contributed by atoms with Gasteiger partial charge in [-0.25, -0.2) is 0 Å². The van der Waals surface area contributed by atoms with Crippen LogP contribution in [0.25, 0.3) is 6.20 Å². The van der Waals surface area contributed by atoms with Crippen LogP contribution in [0, 0.1) is 0 Å². The van der Waals surface area contributed by atoms with E-state index in [0.29, 0.717) is 5.02 Å². The van der Waals surface area contributed by atoms with E-state index in [1.165, 1.54) is 0 Å². The number of hydrogen-bond donors (Lipinski definition) is 1. The smallest absolute Gasteiger partial charge is 0.140 e. The topological polar surface area (TPSA) is 54.5 Å². The maximum atomic E-state index is 6.26. The molecule has 3 rings (SSSR count). The minimum absolute atomic E-state index is 0.112. The summed E-state index contributed by atoms with van der Waals surface area (Å²) in [6.45, 7) is 1.95. The van der Waals surface area contributed by atoms with Gasteiger partial charge in [-0.3, -0.25) is 9.98 Å². The normalized spacial score (nSPS) is 18.8. The van der Waals surface area contributed by atoms with Crippen molar-refractivity contribution in [2.24, 2.45) is 10.7 Å². The lowest BCUT2D eigenvalue weighted by Crippen LogP contribution is -2.49. The number of nitrogens with two attached hydrogens (primary N) is 1. The van der Waals surface area contributed by atoms with Crippen molar-refractivity contribution in [2.45, 2.75) is 19.1 Å². The Balaban J connectivity index is 2.21. The zero-order valence-electron chi connectivity index (χ0n) is 11.1. The second-order valence-corrected chi connectivity index (χ2v) is 5.23. The van der Waals surface area contributed by atoms with Gasteiger partial charge < -0.3 is 10.6 Å². The van der Waals surface area contributed by atoms with Gasteiger partial charge in [0.05, 0.1) is 22.3 Å². The van der Waals surface area contributed by atoms with Gasteiger partial charge in [0.2, 0.25) is 0 Å². The van der Waals surface area contributed by atoms with E-state index in [4.69, 9.17) is 22.3 Å². The molecule has 2 heterocycles. The first-order valence-electron chi connectivity index (χ1n) is 6.45. The maximum Gasteiger partial charge on any atom is 0.140 e. The van der Waals surface area contributed by atoms with Crippen molar-refractivity contribution in [1.82, 2.24) is 4.98 Å². The van der Waals surface area contributed by atoms with E-state index in [1.54, 1.807) is 12.4 Å². The predicted octanol–water partition coefficient (Wildman–Crippen LogP) is 1.29. The van der Waals surface area contributed by atoms with Crippen LogP contribution in [0.2, 0.25) is 5.02 Å². The van der Waals surface area contributed by atoms with Crippen LogP contribution in [0.5, 0.6) is 0 Å². The zero-order valence-corrected chi connectivity index (χ0v) is 11.8. The third-order valence-corrected chi connectivity index (χ3v) is 3.60. The number of benzene rings is 1. The van der Waals surface area contributed by atoms with E-state index in [0.717, 1.165) is 16.3 Å². The van der Waals surface area contributed by atoms with Gasteiger partial charge in [-0.15, -0.1) is 0 Å². The third-order valence-electron chi connectivity index (χ3n) is 3.27. The molecule has 2 atom stereocenters. The van der Waals surface area contributed by atoms with Crippen LogP contribution >= 0.6 is 11.6 Å². The Hall–Kier alpha value is -1.91. The van der Waals surface area contributed by atoms with Crippen LogP contribution in [-0.4, -0.2) is 17.2 Å². The number of pyridine rings is 1. The van der Waals surface area contributed by atoms with Crippen LogP contribution in [0.4, 0.5) is 5.69 Å². The van der Waals surface area contributed by atoms with Crippen LogP contribution in [-0.2, 0) is 0 Å². The highest BCUT2D eigenvalue weighted by Gasteiger charge is 2.23. The van der Waals surface area contributed by atoms with Crippen LogP contribution < -0.4 is 21.2 Å². The third kappa shape index (κ3) is 2.28. The second kappa shape index (κ2) is 5.23. The Kier molecular flexibility index (Phi) is 3.42. The fourth-order valence-corrected chi connectivity index (χ4v) is 2.51. The van der Waals surface area contributed by atoms with Gasteiger partial charge in [0.25, 0.3) is 0 Å². The summed E-state index contributed by atoms with van der Waals surface area (Å²) in [4.78, 5) is 10.9. The lowest BCUT2D eigenvalue weighted by Gasteiger charge is -2.32. The summed E-state index contributed by atoms with van der Waals surface area (Å²) in [6, 6.07) is 9.47. The molecular weight excluding hydrogens is 272 g/mol. The van der Waals surface area contributed by atoms with E-state index in [9.17, 15) is 0 Å². The molecule has 2 N–H and O–H groups in total. The lowest BCUT2D eigenvalue weighted by atomic mass is 10.1. The maximum absolute atomic E-state index is 6.26. The summed E-state index contributed by atoms with van der Waals surface area (Å²) in [5, 5.41) is 2.47. The fraction of sp³-hybridized carbons (Fsp3) is 0.200. The number of hydrogen-bond acceptors (Lipinski definition) is 4. The highest BCUT2D eigenvalue weighted by Crippen LogP contribution is 2.19. The van der Waals surface area contributed by atoms with Gasteiger partial charge in [0.15, 0.2) is 0 Å². The Labute approximate surface area is 122 Å². The Morgan fingerprint density at radius 3 is 2.85 bits per heavy atom. The standard InChI is InChI=1S/C15H15ClN4/c1-10(17)15-19-14-6-2-5-13(16)12(14)9-20(15)11-4-3-7-18-8-11/h2-10,15H,17H2,1H3/t10?,15-/m1/s1. The van der Waals surface area contributed by atoms with Crippen molar-refractivity contribution in [3.8, 4) is 0 Å². The van der Waals surface area contributed by atoms with Crippen LogP contribution in [0.15, 0.2) is 47.7 Å². The monoisotopic (exact) mass is 286 g/mol. The van der Waals surface area contributed by atoms with Crippen LogP contribution in [0.1, 0.15) is 6.92 Å². The number of nitrogens with zero attached hydrogens (tertiary/aromatic N) is 3. The lowest BCUT2D eigenvalue weighted by molar-refractivity contribution is 0.557. The molecule has 1 aromatic heterocycles. The van der Waals surface area contributed by atoms with Gasteiger partial charge in [0, 0.05) is 23.7 Å². The van der Waals surface area contributed by atoms with Crippen molar-refractivity contribution in [3.63, 3.8) is 0 Å². The summed E-state index contributed by atoms with van der Waals surface area (Å²) >= 11 is 6.26. The molecular formula is C15H15ClN4. The molecule has 1 unspecified atom stereocenters. The van der Waals surface area contributed by atoms with E-state index in [1.807, 2.05) is 48.4 Å². The first-order chi connectivity index (χ1) is 9.66. The number of rotatable bonds is 2. The van der Waals surface area contributed by atoms with E-state index in [-0.39, 0.29) is 12.2 Å². The first kappa shape index (κ1) is 13.1. The Bertz CT molecular complexity index is 727. The summed E-state index contributed by atoms with van der Waals surface area (Å²) in [6.07, 6.45) is 5.37. The molecule has 0 saturated carbocycles. The van der Waals surface area contributed by atoms with Crippen molar-refractivity contribution < 1.29 is 0 Å². The molecule has 0 aliphatic carbocycles. The number of fused-ring (bicyclic) bond motifs is 1. The molecule has 0 spiro atoms. The molecule has 1 aromatic carbocycles. The van der Waals surface area contributed by atoms with Gasteiger partial charge in [0.1, 0.15) is 6.17 Å². The SMILES string of the molecule is CC(N)[C@@H]1N=c2cccc(Cl)c2=CN1c1cccnc1. The largest absolute Gasteiger partial charge is 0.325 e. The molecule has 5 heteroatoms. The van der Waals surface area contributed by atoms with Crippen molar-refractivity contribution in [3.05, 3.63) is 58.3 Å². The Morgan fingerprint density at radius 1 is 1.30 bits per heavy atom. The summed E-state index contributed by atoms with van der Waals surface area (Å²) in [7, 11) is 0. The van der Waals surface area contributed by atoms with Crippen molar-refractivity contribution >= 4 is 23.5 Å². The van der Waals surface area contributed by atoms with Crippen molar-refractivity contribution in [1.29, 1.82) is 0 Å². The quantitative estimate of drug-likeness (QED) is 0.905. The van der Waals surface area contributed by atoms with Crippen LogP contribution in [0.3, 0.4) is 0 Å². The predicted molar refractivity (Wildman–Crippen MR) is 80.9 cm³/mol. The molecule has 102 valence electrons. The van der Waals surface area contributed by atoms with E-state index >= 15 is 0 Å². The van der Waals surface area contributed by atoms with Gasteiger partial charge in [-0.1, -0.05) is 17.7 Å². The zero-order chi connectivity index (χ0) is 14.1. The molecule has 1 aliphatic rings.